The van der Waals surface area contributed by atoms with Crippen LogP contribution < -0.4 is 10.1 Å². The fraction of sp³-hybridized carbons (Fsp3) is 0.286. The van der Waals surface area contributed by atoms with Crippen LogP contribution in [-0.4, -0.2) is 32.7 Å². The molecule has 0 radical (unpaired) electrons. The first kappa shape index (κ1) is 21.0. The van der Waals surface area contributed by atoms with Crippen LogP contribution in [-0.2, 0) is 4.79 Å². The number of nitrogens with one attached hydrogen (secondary N) is 1. The molecule has 1 N–H and O–H groups in total. The Labute approximate surface area is 189 Å². The van der Waals surface area contributed by atoms with Crippen molar-refractivity contribution in [1.29, 1.82) is 0 Å². The summed E-state index contributed by atoms with van der Waals surface area (Å²) in [5, 5.41) is 8.19. The van der Waals surface area contributed by atoms with Crippen LogP contribution in [0.5, 0.6) is 6.01 Å². The molecule has 2 aromatic carbocycles. The molecule has 1 fully saturated rings. The van der Waals surface area contributed by atoms with Crippen LogP contribution in [0.15, 0.2) is 42.5 Å². The van der Waals surface area contributed by atoms with E-state index in [1.165, 1.54) is 0 Å². The number of aromatic nitrogens is 3. The van der Waals surface area contributed by atoms with E-state index in [1.807, 2.05) is 18.2 Å². The van der Waals surface area contributed by atoms with E-state index in [4.69, 9.17) is 39.5 Å². The summed E-state index contributed by atoms with van der Waals surface area (Å²) in [5.41, 5.74) is 2.16. The summed E-state index contributed by atoms with van der Waals surface area (Å²) in [4.78, 5) is 16.1. The third kappa shape index (κ3) is 4.72. The molecular weight excluding hydrogens is 447 g/mol. The lowest BCUT2D eigenvalue weighted by Gasteiger charge is -2.09. The molecule has 1 aromatic heterocycles. The Balaban J connectivity index is 1.70. The number of ether oxygens (including phenoxy) is 1. The minimum atomic E-state index is -0.270. The smallest absolute Gasteiger partial charge is 0.336 e. The highest BCUT2D eigenvalue weighted by Crippen LogP contribution is 2.31. The second-order valence-corrected chi connectivity index (χ2v) is 8.09. The number of benzene rings is 2. The number of carbonyl (C=O) groups excluding carboxylic acids is 1. The number of anilines is 1. The number of carbonyl (C=O) groups is 1. The van der Waals surface area contributed by atoms with Crippen molar-refractivity contribution in [2.75, 3.05) is 11.2 Å². The van der Waals surface area contributed by atoms with Crippen molar-refractivity contribution >= 4 is 46.4 Å². The van der Waals surface area contributed by atoms with E-state index in [9.17, 15) is 4.79 Å². The minimum Gasteiger partial charge on any atom is -0.459 e. The maximum absolute atomic E-state index is 11.5. The summed E-state index contributed by atoms with van der Waals surface area (Å²) in [7, 11) is 0. The van der Waals surface area contributed by atoms with E-state index in [0.717, 1.165) is 36.9 Å². The van der Waals surface area contributed by atoms with E-state index in [-0.39, 0.29) is 17.9 Å². The monoisotopic (exact) mass is 464 g/mol. The molecule has 0 aliphatic heterocycles. The van der Waals surface area contributed by atoms with Crippen LogP contribution in [0.4, 0.5) is 5.69 Å². The van der Waals surface area contributed by atoms with Gasteiger partial charge in [-0.3, -0.25) is 4.79 Å². The summed E-state index contributed by atoms with van der Waals surface area (Å²) < 4.78 is 7.70. The molecule has 6 nitrogen and oxygen atoms in total. The largest absolute Gasteiger partial charge is 0.459 e. The van der Waals surface area contributed by atoms with Crippen molar-refractivity contribution in [3.8, 4) is 23.1 Å². The van der Waals surface area contributed by atoms with Crippen LogP contribution >= 0.6 is 34.8 Å². The third-order valence-corrected chi connectivity index (χ3v) is 5.84. The molecule has 4 rings (SSSR count). The second-order valence-electron chi connectivity index (χ2n) is 7.01. The van der Waals surface area contributed by atoms with Crippen LogP contribution in [0, 0.1) is 0 Å². The predicted molar refractivity (Wildman–Crippen MR) is 119 cm³/mol. The number of alkyl halides is 1. The van der Waals surface area contributed by atoms with Crippen molar-refractivity contribution < 1.29 is 9.53 Å². The average molecular weight is 466 g/mol. The zero-order valence-electron chi connectivity index (χ0n) is 15.9. The van der Waals surface area contributed by atoms with Gasteiger partial charge < -0.3 is 10.1 Å². The van der Waals surface area contributed by atoms with E-state index in [2.05, 4.69) is 15.4 Å². The van der Waals surface area contributed by atoms with Crippen molar-refractivity contribution in [2.24, 2.45) is 0 Å². The van der Waals surface area contributed by atoms with Gasteiger partial charge in [-0.15, -0.1) is 16.7 Å². The second kappa shape index (κ2) is 9.25. The first-order valence-corrected chi connectivity index (χ1v) is 10.9. The molecule has 0 unspecified atom stereocenters. The van der Waals surface area contributed by atoms with Gasteiger partial charge in [0, 0.05) is 11.3 Å². The normalized spacial score (nSPS) is 14.1. The molecule has 0 atom stereocenters. The molecule has 1 aliphatic rings. The average Bonchev–Trinajstić information content (AvgIpc) is 3.41. The van der Waals surface area contributed by atoms with E-state index >= 15 is 0 Å². The van der Waals surface area contributed by atoms with Gasteiger partial charge in [0.1, 0.15) is 12.0 Å². The van der Waals surface area contributed by atoms with Crippen molar-refractivity contribution in [1.82, 2.24) is 14.8 Å². The summed E-state index contributed by atoms with van der Waals surface area (Å²) in [6, 6.07) is 12.8. The van der Waals surface area contributed by atoms with Gasteiger partial charge in [0.25, 0.3) is 0 Å². The van der Waals surface area contributed by atoms with Gasteiger partial charge in [-0.2, -0.15) is 4.98 Å². The number of amides is 1. The van der Waals surface area contributed by atoms with Gasteiger partial charge in [-0.25, -0.2) is 4.68 Å². The van der Waals surface area contributed by atoms with Crippen molar-refractivity contribution in [3.63, 3.8) is 0 Å². The molecule has 0 bridgehead atoms. The zero-order chi connectivity index (χ0) is 21.1. The van der Waals surface area contributed by atoms with Crippen LogP contribution in [0.2, 0.25) is 10.0 Å². The summed E-state index contributed by atoms with van der Waals surface area (Å²) >= 11 is 17.8. The van der Waals surface area contributed by atoms with Gasteiger partial charge >= 0.3 is 6.01 Å². The summed E-state index contributed by atoms with van der Waals surface area (Å²) in [6.45, 7) is 0. The lowest BCUT2D eigenvalue weighted by molar-refractivity contribution is -0.113. The highest BCUT2D eigenvalue weighted by molar-refractivity contribution is 6.42. The topological polar surface area (TPSA) is 69.0 Å². The summed E-state index contributed by atoms with van der Waals surface area (Å²) in [6.07, 6.45) is 4.45. The summed E-state index contributed by atoms with van der Waals surface area (Å²) in [5.74, 6) is 0.210. The zero-order valence-corrected chi connectivity index (χ0v) is 18.2. The number of rotatable bonds is 6. The molecule has 1 saturated carbocycles. The first-order valence-electron chi connectivity index (χ1n) is 9.59. The Bertz CT molecular complexity index is 1050. The molecular formula is C21H19Cl3N4O2. The quantitative estimate of drug-likeness (QED) is 0.471. The van der Waals surface area contributed by atoms with Gasteiger partial charge in [0.2, 0.25) is 5.91 Å². The molecule has 30 heavy (non-hydrogen) atoms. The van der Waals surface area contributed by atoms with Gasteiger partial charge in [0.15, 0.2) is 5.82 Å². The fourth-order valence-electron chi connectivity index (χ4n) is 3.38. The molecule has 0 spiro atoms. The van der Waals surface area contributed by atoms with Crippen molar-refractivity contribution in [2.45, 2.75) is 31.8 Å². The highest BCUT2D eigenvalue weighted by Gasteiger charge is 2.21. The number of nitrogens with zero attached hydrogens (tertiary/aromatic N) is 3. The standard InChI is InChI=1S/C21H19Cl3N4O2/c22-12-19(29)25-14-6-8-15(9-7-14)28-20(13-5-10-17(23)18(24)11-13)26-21(27-28)30-16-3-1-2-4-16/h5-11,16H,1-4,12H2,(H,25,29). The Morgan fingerprint density at radius 1 is 1.10 bits per heavy atom. The molecule has 1 amide bonds. The number of hydrogen-bond donors (Lipinski definition) is 1. The fourth-order valence-corrected chi connectivity index (χ4v) is 3.75. The minimum absolute atomic E-state index is 0.103. The van der Waals surface area contributed by atoms with E-state index in [0.29, 0.717) is 27.6 Å². The van der Waals surface area contributed by atoms with E-state index < -0.39 is 0 Å². The molecule has 1 aliphatic carbocycles. The Morgan fingerprint density at radius 2 is 1.83 bits per heavy atom. The predicted octanol–water partition coefficient (Wildman–Crippen LogP) is 5.74. The lowest BCUT2D eigenvalue weighted by Crippen LogP contribution is -2.12. The van der Waals surface area contributed by atoms with E-state index in [1.54, 1.807) is 28.9 Å². The molecule has 9 heteroatoms. The van der Waals surface area contributed by atoms with Crippen LogP contribution in [0.3, 0.4) is 0 Å². The third-order valence-electron chi connectivity index (χ3n) is 4.86. The molecule has 1 heterocycles. The van der Waals surface area contributed by atoms with Crippen molar-refractivity contribution in [3.05, 3.63) is 52.5 Å². The maximum atomic E-state index is 11.5. The number of halogens is 3. The number of hydrogen-bond acceptors (Lipinski definition) is 4. The molecule has 0 saturated heterocycles. The van der Waals surface area contributed by atoms with Gasteiger partial charge in [0.05, 0.1) is 15.7 Å². The molecule has 156 valence electrons. The van der Waals surface area contributed by atoms with Crippen LogP contribution in [0.1, 0.15) is 25.7 Å². The highest BCUT2D eigenvalue weighted by atomic mass is 35.5. The molecule has 3 aromatic rings. The maximum Gasteiger partial charge on any atom is 0.336 e. The first-order chi connectivity index (χ1) is 14.5. The van der Waals surface area contributed by atoms with Gasteiger partial charge in [-0.1, -0.05) is 23.2 Å². The Morgan fingerprint density at radius 3 is 2.50 bits per heavy atom. The Hall–Kier alpha value is -2.28. The lowest BCUT2D eigenvalue weighted by atomic mass is 10.2. The SMILES string of the molecule is O=C(CCl)Nc1ccc(-n2nc(OC3CCCC3)nc2-c2ccc(Cl)c(Cl)c2)cc1. The Kier molecular flexibility index (Phi) is 6.46. The van der Waals surface area contributed by atoms with Crippen LogP contribution in [0.25, 0.3) is 17.1 Å². The van der Waals surface area contributed by atoms with Gasteiger partial charge in [-0.05, 0) is 68.1 Å².